The Labute approximate surface area is 146 Å². The molecule has 3 saturated heterocycles. The highest BCUT2D eigenvalue weighted by Gasteiger charge is 2.51. The minimum atomic E-state index is -0.129. The molecule has 0 amide bonds. The van der Waals surface area contributed by atoms with Gasteiger partial charge in [0.1, 0.15) is 5.60 Å². The van der Waals surface area contributed by atoms with Crippen LogP contribution in [0.5, 0.6) is 0 Å². The zero-order valence-electron chi connectivity index (χ0n) is 14.1. The minimum absolute atomic E-state index is 0.129. The van der Waals surface area contributed by atoms with Crippen LogP contribution in [0.3, 0.4) is 0 Å². The second-order valence-corrected chi connectivity index (χ2v) is 7.13. The summed E-state index contributed by atoms with van der Waals surface area (Å²) >= 11 is 0. The predicted molar refractivity (Wildman–Crippen MR) is 96.4 cm³/mol. The Hall–Kier alpha value is -2.47. The number of ether oxygens (including phenoxy) is 1. The molecule has 2 aromatic rings. The Morgan fingerprint density at radius 3 is 2.56 bits per heavy atom. The number of fused-ring (bicyclic) bond motifs is 2. The van der Waals surface area contributed by atoms with Gasteiger partial charge in [-0.1, -0.05) is 30.3 Å². The number of hydrogen-bond acceptors (Lipinski definition) is 6. The third-order valence-electron chi connectivity index (χ3n) is 5.58. The van der Waals surface area contributed by atoms with Crippen LogP contribution in [0.25, 0.3) is 11.3 Å². The molecule has 2 bridgehead atoms. The van der Waals surface area contributed by atoms with Crippen molar-refractivity contribution in [3.63, 3.8) is 0 Å². The van der Waals surface area contributed by atoms with Crippen LogP contribution < -0.4 is 5.32 Å². The minimum Gasteiger partial charge on any atom is -0.455 e. The number of rotatable bonds is 2. The molecule has 6 rings (SSSR count). The van der Waals surface area contributed by atoms with E-state index in [4.69, 9.17) is 4.74 Å². The first kappa shape index (κ1) is 14.8. The van der Waals surface area contributed by atoms with Crippen molar-refractivity contribution < 1.29 is 4.74 Å². The van der Waals surface area contributed by atoms with Gasteiger partial charge in [-0.05, 0) is 38.1 Å². The van der Waals surface area contributed by atoms with E-state index in [9.17, 15) is 0 Å². The second-order valence-electron chi connectivity index (χ2n) is 7.13. The predicted octanol–water partition coefficient (Wildman–Crippen LogP) is 2.41. The van der Waals surface area contributed by atoms with Crippen LogP contribution in [0.2, 0.25) is 0 Å². The molecule has 4 aliphatic heterocycles. The Morgan fingerprint density at radius 2 is 1.88 bits per heavy atom. The van der Waals surface area contributed by atoms with E-state index < -0.39 is 0 Å². The summed E-state index contributed by atoms with van der Waals surface area (Å²) < 4.78 is 6.27. The van der Waals surface area contributed by atoms with Gasteiger partial charge in [-0.3, -0.25) is 10.2 Å². The molecule has 6 nitrogen and oxygen atoms in total. The zero-order valence-corrected chi connectivity index (χ0v) is 14.1. The van der Waals surface area contributed by atoms with Crippen molar-refractivity contribution in [2.24, 2.45) is 10.9 Å². The van der Waals surface area contributed by atoms with Crippen molar-refractivity contribution in [3.8, 4) is 11.3 Å². The average molecular weight is 335 g/mol. The van der Waals surface area contributed by atoms with Gasteiger partial charge in [0.2, 0.25) is 0 Å². The molecule has 1 aromatic heterocycles. The summed E-state index contributed by atoms with van der Waals surface area (Å²) in [6.07, 6.45) is 2.43. The molecule has 0 radical (unpaired) electrons. The molecule has 5 heterocycles. The van der Waals surface area contributed by atoms with Gasteiger partial charge in [-0.2, -0.15) is 0 Å². The average Bonchev–Trinajstić information content (AvgIpc) is 3.06. The van der Waals surface area contributed by atoms with Gasteiger partial charge >= 0.3 is 0 Å². The van der Waals surface area contributed by atoms with Gasteiger partial charge in [0.25, 0.3) is 6.02 Å². The number of hydrogen-bond donors (Lipinski definition) is 1. The van der Waals surface area contributed by atoms with Crippen molar-refractivity contribution in [1.29, 1.82) is 0 Å². The Balaban J connectivity index is 1.27. The fourth-order valence-electron chi connectivity index (χ4n) is 4.22. The molecule has 3 fully saturated rings. The quantitative estimate of drug-likeness (QED) is 0.913. The Kier molecular flexibility index (Phi) is 3.45. The number of piperidine rings is 3. The molecule has 6 heteroatoms. The van der Waals surface area contributed by atoms with Crippen LogP contribution in [0, 0.1) is 5.92 Å². The van der Waals surface area contributed by atoms with E-state index in [0.717, 1.165) is 24.3 Å². The van der Waals surface area contributed by atoms with E-state index in [1.54, 1.807) is 0 Å². The number of nitrogens with zero attached hydrogens (tertiary/aromatic N) is 4. The van der Waals surface area contributed by atoms with Gasteiger partial charge in [-0.25, -0.2) is 4.99 Å². The summed E-state index contributed by atoms with van der Waals surface area (Å²) in [7, 11) is 0. The molecule has 1 N–H and O–H groups in total. The monoisotopic (exact) mass is 335 g/mol. The van der Waals surface area contributed by atoms with E-state index in [1.165, 1.54) is 25.9 Å². The fraction of sp³-hybridized carbons (Fsp3) is 0.421. The van der Waals surface area contributed by atoms with E-state index in [1.807, 2.05) is 42.5 Å². The molecular formula is C19H21N5O. The molecule has 1 aromatic carbocycles. The lowest BCUT2D eigenvalue weighted by molar-refractivity contribution is -0.0829. The largest absolute Gasteiger partial charge is 0.455 e. The molecule has 0 saturated carbocycles. The summed E-state index contributed by atoms with van der Waals surface area (Å²) in [6, 6.07) is 14.5. The molecule has 1 atom stereocenters. The van der Waals surface area contributed by atoms with Crippen molar-refractivity contribution in [2.75, 3.05) is 31.5 Å². The highest BCUT2D eigenvalue weighted by atomic mass is 16.5. The summed E-state index contributed by atoms with van der Waals surface area (Å²) in [6.45, 7) is 4.13. The number of aliphatic imine (C=N–C) groups is 1. The molecule has 25 heavy (non-hydrogen) atoms. The summed E-state index contributed by atoms with van der Waals surface area (Å²) in [5.41, 5.74) is 1.78. The molecular weight excluding hydrogens is 314 g/mol. The lowest BCUT2D eigenvalue weighted by Gasteiger charge is -2.50. The normalized spacial score (nSPS) is 30.2. The van der Waals surface area contributed by atoms with Gasteiger partial charge < -0.3 is 4.74 Å². The highest BCUT2D eigenvalue weighted by molar-refractivity contribution is 5.89. The number of benzene rings is 1. The van der Waals surface area contributed by atoms with Crippen LogP contribution in [-0.4, -0.2) is 52.9 Å². The van der Waals surface area contributed by atoms with Crippen molar-refractivity contribution in [3.05, 3.63) is 42.5 Å². The third-order valence-corrected chi connectivity index (χ3v) is 5.58. The maximum absolute atomic E-state index is 6.27. The molecule has 1 spiro atoms. The first-order chi connectivity index (χ1) is 12.3. The van der Waals surface area contributed by atoms with Crippen LogP contribution >= 0.6 is 0 Å². The third kappa shape index (κ3) is 2.66. The second kappa shape index (κ2) is 5.81. The van der Waals surface area contributed by atoms with Gasteiger partial charge in [-0.15, -0.1) is 10.2 Å². The molecule has 0 aliphatic carbocycles. The lowest BCUT2D eigenvalue weighted by atomic mass is 9.75. The maximum Gasteiger partial charge on any atom is 0.291 e. The van der Waals surface area contributed by atoms with Crippen LogP contribution in [0.15, 0.2) is 47.5 Å². The van der Waals surface area contributed by atoms with Crippen LogP contribution in [0.1, 0.15) is 12.8 Å². The van der Waals surface area contributed by atoms with Crippen molar-refractivity contribution >= 4 is 11.8 Å². The summed E-state index contributed by atoms with van der Waals surface area (Å²) in [4.78, 5) is 7.09. The SMILES string of the molecule is c1ccc(-c2ccc(NC3=NCC4(CN5CCC4CC5)O3)nn2)cc1. The zero-order chi connectivity index (χ0) is 16.7. The summed E-state index contributed by atoms with van der Waals surface area (Å²) in [5, 5.41) is 11.8. The highest BCUT2D eigenvalue weighted by Crippen LogP contribution is 2.40. The molecule has 4 aliphatic rings. The smallest absolute Gasteiger partial charge is 0.291 e. The summed E-state index contributed by atoms with van der Waals surface area (Å²) in [5.74, 6) is 1.28. The standard InChI is InChI=1S/C19H21N5O/c1-2-4-14(5-3-1)16-6-7-17(23-22-16)21-18-20-12-19(25-18)13-24-10-8-15(19)9-11-24/h1-7,15H,8-13H2,(H,20,21,23). The van der Waals surface area contributed by atoms with Crippen LogP contribution in [0.4, 0.5) is 5.82 Å². The number of nitrogens with one attached hydrogen (secondary N) is 1. The van der Waals surface area contributed by atoms with Crippen molar-refractivity contribution in [1.82, 2.24) is 15.1 Å². The topological polar surface area (TPSA) is 62.6 Å². The molecule has 1 unspecified atom stereocenters. The van der Waals surface area contributed by atoms with Crippen LogP contribution in [-0.2, 0) is 4.74 Å². The Bertz CT molecular complexity index is 783. The fourth-order valence-corrected chi connectivity index (χ4v) is 4.22. The van der Waals surface area contributed by atoms with E-state index in [-0.39, 0.29) is 5.60 Å². The lowest BCUT2D eigenvalue weighted by Crippen LogP contribution is -2.61. The maximum atomic E-state index is 6.27. The first-order valence-electron chi connectivity index (χ1n) is 8.93. The van der Waals surface area contributed by atoms with Gasteiger partial charge in [0.05, 0.1) is 12.2 Å². The van der Waals surface area contributed by atoms with Crippen molar-refractivity contribution in [2.45, 2.75) is 18.4 Å². The first-order valence-corrected chi connectivity index (χ1v) is 8.93. The Morgan fingerprint density at radius 1 is 1.04 bits per heavy atom. The van der Waals surface area contributed by atoms with E-state index in [2.05, 4.69) is 25.4 Å². The number of amidine groups is 1. The number of aromatic nitrogens is 2. The number of anilines is 1. The van der Waals surface area contributed by atoms with Gasteiger partial charge in [0.15, 0.2) is 5.82 Å². The van der Waals surface area contributed by atoms with E-state index in [0.29, 0.717) is 17.8 Å². The van der Waals surface area contributed by atoms with E-state index >= 15 is 0 Å². The van der Waals surface area contributed by atoms with Gasteiger partial charge in [0, 0.05) is 18.0 Å². The molecule has 128 valence electrons.